The predicted molar refractivity (Wildman–Crippen MR) is 66.2 cm³/mol. The molecule has 0 rings (SSSR count). The van der Waals surface area contributed by atoms with Gasteiger partial charge >= 0.3 is 0 Å². The summed E-state index contributed by atoms with van der Waals surface area (Å²) in [7, 11) is -1.74. The van der Waals surface area contributed by atoms with E-state index >= 15 is 0 Å². The van der Waals surface area contributed by atoms with Crippen LogP contribution < -0.4 is 11.5 Å². The molecule has 0 aliphatic heterocycles. The van der Waals surface area contributed by atoms with Gasteiger partial charge < -0.3 is 21.0 Å². The third kappa shape index (κ3) is 4.61. The number of nitrogens with two attached hydrogens (primary N) is 2. The molecular formula is C10H26N2O2Si. The Morgan fingerprint density at radius 1 is 1.20 bits per heavy atom. The SMILES string of the molecule is CC(C)(C)[Si](C)(C)OC[C@H](N)[C@@H](N)CO. The lowest BCUT2D eigenvalue weighted by atomic mass is 10.2. The van der Waals surface area contributed by atoms with Crippen LogP contribution in [0.1, 0.15) is 20.8 Å². The Bertz CT molecular complexity index is 192. The van der Waals surface area contributed by atoms with Gasteiger partial charge in [0.1, 0.15) is 0 Å². The summed E-state index contributed by atoms with van der Waals surface area (Å²) in [6, 6.07) is -0.682. The van der Waals surface area contributed by atoms with Crippen LogP contribution in [-0.2, 0) is 4.43 Å². The monoisotopic (exact) mass is 234 g/mol. The molecule has 0 bridgehead atoms. The lowest BCUT2D eigenvalue weighted by Gasteiger charge is -2.37. The van der Waals surface area contributed by atoms with Crippen molar-refractivity contribution in [3.8, 4) is 0 Å². The van der Waals surface area contributed by atoms with Crippen molar-refractivity contribution in [1.29, 1.82) is 0 Å². The third-order valence-electron chi connectivity index (χ3n) is 3.20. The highest BCUT2D eigenvalue weighted by Gasteiger charge is 2.37. The van der Waals surface area contributed by atoms with Gasteiger partial charge in [0.25, 0.3) is 0 Å². The first-order valence-electron chi connectivity index (χ1n) is 5.38. The molecular weight excluding hydrogens is 208 g/mol. The van der Waals surface area contributed by atoms with Gasteiger partial charge in [-0.05, 0) is 18.1 Å². The van der Waals surface area contributed by atoms with Crippen molar-refractivity contribution >= 4 is 8.32 Å². The number of hydrogen-bond donors (Lipinski definition) is 3. The van der Waals surface area contributed by atoms with E-state index in [2.05, 4.69) is 33.9 Å². The van der Waals surface area contributed by atoms with E-state index in [1.807, 2.05) is 0 Å². The molecule has 0 aromatic carbocycles. The first-order chi connectivity index (χ1) is 6.62. The molecule has 0 saturated carbocycles. The Morgan fingerprint density at radius 2 is 1.67 bits per heavy atom. The number of aliphatic hydroxyl groups is 1. The smallest absolute Gasteiger partial charge is 0.192 e. The largest absolute Gasteiger partial charge is 0.415 e. The maximum absolute atomic E-state index is 8.85. The van der Waals surface area contributed by atoms with Gasteiger partial charge in [-0.25, -0.2) is 0 Å². The summed E-state index contributed by atoms with van der Waals surface area (Å²) in [5, 5.41) is 9.02. The van der Waals surface area contributed by atoms with Crippen molar-refractivity contribution < 1.29 is 9.53 Å². The van der Waals surface area contributed by atoms with E-state index in [1.165, 1.54) is 0 Å². The Labute approximate surface area is 94.1 Å². The molecule has 0 aromatic heterocycles. The summed E-state index contributed by atoms with van der Waals surface area (Å²) in [5.74, 6) is 0. The van der Waals surface area contributed by atoms with Gasteiger partial charge in [-0.1, -0.05) is 20.8 Å². The zero-order valence-corrected chi connectivity index (χ0v) is 11.6. The maximum Gasteiger partial charge on any atom is 0.192 e. The normalized spacial score (nSPS) is 17.6. The van der Waals surface area contributed by atoms with Crippen LogP contribution in [0.25, 0.3) is 0 Å². The number of hydrogen-bond acceptors (Lipinski definition) is 4. The fraction of sp³-hybridized carbons (Fsp3) is 1.00. The fourth-order valence-electron chi connectivity index (χ4n) is 0.780. The number of rotatable bonds is 5. The first-order valence-corrected chi connectivity index (χ1v) is 8.28. The van der Waals surface area contributed by atoms with Gasteiger partial charge in [0, 0.05) is 12.1 Å². The van der Waals surface area contributed by atoms with Crippen molar-refractivity contribution in [2.24, 2.45) is 11.5 Å². The molecule has 0 aliphatic rings. The molecule has 0 spiro atoms. The molecule has 0 fully saturated rings. The highest BCUT2D eigenvalue weighted by atomic mass is 28.4. The average Bonchev–Trinajstić information content (AvgIpc) is 2.11. The summed E-state index contributed by atoms with van der Waals surface area (Å²) in [6.07, 6.45) is 0. The summed E-state index contributed by atoms with van der Waals surface area (Å²) in [5.41, 5.74) is 11.4. The Kier molecular flexibility index (Phi) is 5.43. The highest BCUT2D eigenvalue weighted by molar-refractivity contribution is 6.74. The van der Waals surface area contributed by atoms with Gasteiger partial charge in [0.05, 0.1) is 13.2 Å². The zero-order valence-electron chi connectivity index (χ0n) is 10.6. The molecule has 0 aliphatic carbocycles. The van der Waals surface area contributed by atoms with Crippen LogP contribution in [0.3, 0.4) is 0 Å². The second-order valence-electron chi connectivity index (χ2n) is 5.58. The summed E-state index contributed by atoms with van der Waals surface area (Å²) in [6.45, 7) is 11.2. The van der Waals surface area contributed by atoms with E-state index in [9.17, 15) is 0 Å². The third-order valence-corrected chi connectivity index (χ3v) is 7.70. The summed E-state index contributed by atoms with van der Waals surface area (Å²) < 4.78 is 5.90. The van der Waals surface area contributed by atoms with E-state index in [4.69, 9.17) is 21.0 Å². The van der Waals surface area contributed by atoms with Crippen molar-refractivity contribution in [2.45, 2.75) is 51.0 Å². The lowest BCUT2D eigenvalue weighted by molar-refractivity contribution is 0.201. The zero-order chi connectivity index (χ0) is 12.3. The summed E-state index contributed by atoms with van der Waals surface area (Å²) in [4.78, 5) is 0. The molecule has 2 atom stereocenters. The van der Waals surface area contributed by atoms with Crippen molar-refractivity contribution in [2.75, 3.05) is 13.2 Å². The van der Waals surface area contributed by atoms with Gasteiger partial charge in [-0.3, -0.25) is 0 Å². The predicted octanol–water partition coefficient (Wildman–Crippen LogP) is 0.655. The second-order valence-corrected chi connectivity index (χ2v) is 10.4. The Balaban J connectivity index is 4.16. The molecule has 0 aromatic rings. The topological polar surface area (TPSA) is 81.5 Å². The first kappa shape index (κ1) is 15.1. The molecule has 15 heavy (non-hydrogen) atoms. The molecule has 0 saturated heterocycles. The highest BCUT2D eigenvalue weighted by Crippen LogP contribution is 2.36. The Morgan fingerprint density at radius 3 is 2.00 bits per heavy atom. The Hall–Kier alpha value is 0.0569. The van der Waals surface area contributed by atoms with Crippen LogP contribution in [0.15, 0.2) is 0 Å². The second kappa shape index (κ2) is 5.40. The van der Waals surface area contributed by atoms with Crippen molar-refractivity contribution in [1.82, 2.24) is 0 Å². The van der Waals surface area contributed by atoms with Gasteiger partial charge in [-0.15, -0.1) is 0 Å². The fourth-order valence-corrected chi connectivity index (χ4v) is 1.82. The minimum atomic E-state index is -1.74. The van der Waals surface area contributed by atoms with Crippen molar-refractivity contribution in [3.63, 3.8) is 0 Å². The molecule has 0 unspecified atom stereocenters. The average molecular weight is 234 g/mol. The van der Waals surface area contributed by atoms with Crippen LogP contribution in [-0.4, -0.2) is 38.7 Å². The lowest BCUT2D eigenvalue weighted by Crippen LogP contribution is -2.50. The van der Waals surface area contributed by atoms with Gasteiger partial charge in [-0.2, -0.15) is 0 Å². The minimum absolute atomic E-state index is 0.0952. The molecule has 5 N–H and O–H groups in total. The molecule has 92 valence electrons. The van der Waals surface area contributed by atoms with Crippen LogP contribution in [0, 0.1) is 0 Å². The number of aliphatic hydroxyl groups excluding tert-OH is 1. The molecule has 4 nitrogen and oxygen atoms in total. The van der Waals surface area contributed by atoms with E-state index in [1.54, 1.807) is 0 Å². The van der Waals surface area contributed by atoms with E-state index in [0.29, 0.717) is 6.61 Å². The summed E-state index contributed by atoms with van der Waals surface area (Å²) >= 11 is 0. The minimum Gasteiger partial charge on any atom is -0.415 e. The standard InChI is InChI=1S/C10H26N2O2Si/c1-10(2,3)15(4,5)14-7-9(12)8(11)6-13/h8-9,13H,6-7,11-12H2,1-5H3/t8-,9-/m0/s1. The van der Waals surface area contributed by atoms with Crippen LogP contribution in [0.2, 0.25) is 18.1 Å². The van der Waals surface area contributed by atoms with Crippen LogP contribution >= 0.6 is 0 Å². The molecule has 0 radical (unpaired) electrons. The molecule has 0 heterocycles. The molecule has 5 heteroatoms. The van der Waals surface area contributed by atoms with Crippen LogP contribution in [0.4, 0.5) is 0 Å². The maximum atomic E-state index is 8.85. The van der Waals surface area contributed by atoms with Crippen molar-refractivity contribution in [3.05, 3.63) is 0 Å². The van der Waals surface area contributed by atoms with Gasteiger partial charge in [0.15, 0.2) is 8.32 Å². The molecule has 0 amide bonds. The van der Waals surface area contributed by atoms with E-state index in [-0.39, 0.29) is 17.7 Å². The quantitative estimate of drug-likeness (QED) is 0.610. The van der Waals surface area contributed by atoms with E-state index in [0.717, 1.165) is 0 Å². The van der Waals surface area contributed by atoms with E-state index < -0.39 is 14.4 Å². The van der Waals surface area contributed by atoms with Gasteiger partial charge in [0.2, 0.25) is 0 Å². The van der Waals surface area contributed by atoms with Crippen LogP contribution in [0.5, 0.6) is 0 Å².